The minimum atomic E-state index is -0.162. The molecule has 1 aliphatic carbocycles. The van der Waals surface area contributed by atoms with Gasteiger partial charge in [0.15, 0.2) is 0 Å². The van der Waals surface area contributed by atoms with Crippen LogP contribution in [0.2, 0.25) is 0 Å². The highest BCUT2D eigenvalue weighted by Gasteiger charge is 2.50. The molecule has 2 aliphatic rings. The topological polar surface area (TPSA) is 60.5 Å². The van der Waals surface area contributed by atoms with E-state index in [0.717, 1.165) is 43.5 Å². The van der Waals surface area contributed by atoms with E-state index >= 15 is 0 Å². The third-order valence-corrected chi connectivity index (χ3v) is 6.75. The maximum atomic E-state index is 12.8. The highest BCUT2D eigenvalue weighted by Crippen LogP contribution is 2.46. The molecule has 2 N–H and O–H groups in total. The average Bonchev–Trinajstić information content (AvgIpc) is 3.06. The Balaban J connectivity index is 1.53. The van der Waals surface area contributed by atoms with Crippen molar-refractivity contribution >= 4 is 11.7 Å². The number of rotatable bonds is 5. The SMILES string of the molecule is CNCc1cncc(N2CC3(CCC(c4ccccc4)(N(C)C)CC3)NC2=O)c1. The van der Waals surface area contributed by atoms with Crippen molar-refractivity contribution in [1.82, 2.24) is 20.5 Å². The maximum absolute atomic E-state index is 12.8. The second kappa shape index (κ2) is 7.76. The van der Waals surface area contributed by atoms with Crippen molar-refractivity contribution in [1.29, 1.82) is 0 Å². The molecule has 4 rings (SSSR count). The fourth-order valence-corrected chi connectivity index (χ4v) is 5.01. The molecule has 29 heavy (non-hydrogen) atoms. The summed E-state index contributed by atoms with van der Waals surface area (Å²) in [6.07, 6.45) is 7.61. The standard InChI is InChI=1S/C23H31N5O/c1-24-14-18-13-20(16-25-15-18)28-17-22(26-21(28)29)9-11-23(12-10-22,27(2)3)19-7-5-4-6-8-19/h4-8,13,15-16,24H,9-12,14,17H2,1-3H3,(H,26,29). The molecule has 1 saturated carbocycles. The second-order valence-electron chi connectivity index (χ2n) is 8.67. The van der Waals surface area contributed by atoms with E-state index in [-0.39, 0.29) is 17.1 Å². The van der Waals surface area contributed by atoms with Gasteiger partial charge in [0.05, 0.1) is 24.0 Å². The number of carbonyl (C=O) groups is 1. The van der Waals surface area contributed by atoms with Crippen molar-refractivity contribution in [3.05, 3.63) is 59.9 Å². The Hall–Kier alpha value is -2.44. The number of pyridine rings is 1. The van der Waals surface area contributed by atoms with Gasteiger partial charge < -0.3 is 10.6 Å². The number of amides is 2. The van der Waals surface area contributed by atoms with Gasteiger partial charge in [0.25, 0.3) is 0 Å². The number of nitrogens with one attached hydrogen (secondary N) is 2. The zero-order valence-corrected chi connectivity index (χ0v) is 17.6. The van der Waals surface area contributed by atoms with E-state index in [4.69, 9.17) is 0 Å². The predicted octanol–water partition coefficient (Wildman–Crippen LogP) is 3.10. The summed E-state index contributed by atoms with van der Waals surface area (Å²) in [5, 5.41) is 6.46. The number of carbonyl (C=O) groups excluding carboxylic acids is 1. The van der Waals surface area contributed by atoms with Crippen LogP contribution in [-0.4, -0.2) is 49.1 Å². The predicted molar refractivity (Wildman–Crippen MR) is 116 cm³/mol. The van der Waals surface area contributed by atoms with Gasteiger partial charge in [0, 0.05) is 18.3 Å². The van der Waals surface area contributed by atoms with Gasteiger partial charge in [-0.15, -0.1) is 0 Å². The molecule has 6 heteroatoms. The van der Waals surface area contributed by atoms with Gasteiger partial charge >= 0.3 is 6.03 Å². The van der Waals surface area contributed by atoms with Gasteiger partial charge in [0.2, 0.25) is 0 Å². The number of hydrogen-bond donors (Lipinski definition) is 2. The van der Waals surface area contributed by atoms with E-state index < -0.39 is 0 Å². The van der Waals surface area contributed by atoms with E-state index in [1.54, 1.807) is 6.20 Å². The van der Waals surface area contributed by atoms with E-state index in [0.29, 0.717) is 6.54 Å². The van der Waals surface area contributed by atoms with Crippen LogP contribution in [0.25, 0.3) is 0 Å². The molecule has 1 spiro atoms. The van der Waals surface area contributed by atoms with Gasteiger partial charge in [-0.05, 0) is 64.0 Å². The van der Waals surface area contributed by atoms with Gasteiger partial charge in [-0.25, -0.2) is 4.79 Å². The van der Waals surface area contributed by atoms with Crippen LogP contribution in [0.4, 0.5) is 10.5 Å². The van der Waals surface area contributed by atoms with Crippen molar-refractivity contribution in [2.75, 3.05) is 32.6 Å². The van der Waals surface area contributed by atoms with Crippen molar-refractivity contribution in [2.24, 2.45) is 0 Å². The molecule has 0 atom stereocenters. The number of nitrogens with zero attached hydrogens (tertiary/aromatic N) is 3. The Labute approximate surface area is 173 Å². The molecule has 1 aromatic heterocycles. The Kier molecular flexibility index (Phi) is 5.32. The van der Waals surface area contributed by atoms with Crippen LogP contribution in [0.3, 0.4) is 0 Å². The van der Waals surface area contributed by atoms with Gasteiger partial charge in [-0.1, -0.05) is 30.3 Å². The molecule has 2 fully saturated rings. The summed E-state index contributed by atoms with van der Waals surface area (Å²) in [5.74, 6) is 0. The zero-order valence-electron chi connectivity index (χ0n) is 17.6. The molecule has 6 nitrogen and oxygen atoms in total. The van der Waals surface area contributed by atoms with E-state index in [1.807, 2.05) is 18.1 Å². The lowest BCUT2D eigenvalue weighted by molar-refractivity contribution is 0.0658. The Morgan fingerprint density at radius 2 is 1.86 bits per heavy atom. The first-order chi connectivity index (χ1) is 14.0. The van der Waals surface area contributed by atoms with Crippen LogP contribution in [0.1, 0.15) is 36.8 Å². The van der Waals surface area contributed by atoms with E-state index in [2.05, 4.69) is 71.0 Å². The summed E-state index contributed by atoms with van der Waals surface area (Å²) in [6.45, 7) is 1.44. The summed E-state index contributed by atoms with van der Waals surface area (Å²) < 4.78 is 0. The van der Waals surface area contributed by atoms with Crippen molar-refractivity contribution in [3.8, 4) is 0 Å². The smallest absolute Gasteiger partial charge is 0.322 e. The first-order valence-corrected chi connectivity index (χ1v) is 10.4. The number of urea groups is 1. The number of benzene rings is 1. The van der Waals surface area contributed by atoms with Crippen LogP contribution in [-0.2, 0) is 12.1 Å². The molecule has 2 aromatic rings. The zero-order chi connectivity index (χ0) is 20.5. The first kappa shape index (κ1) is 19.9. The minimum Gasteiger partial charge on any atom is -0.330 e. The van der Waals surface area contributed by atoms with Crippen molar-refractivity contribution in [3.63, 3.8) is 0 Å². The lowest BCUT2D eigenvalue weighted by atomic mass is 9.69. The number of aromatic nitrogens is 1. The molecule has 2 amide bonds. The summed E-state index contributed by atoms with van der Waals surface area (Å²) >= 11 is 0. The lowest BCUT2D eigenvalue weighted by Crippen LogP contribution is -2.54. The number of anilines is 1. The fraction of sp³-hybridized carbons (Fsp3) is 0.478. The van der Waals surface area contributed by atoms with Crippen molar-refractivity contribution < 1.29 is 4.79 Å². The number of hydrogen-bond acceptors (Lipinski definition) is 4. The molecule has 0 bridgehead atoms. The first-order valence-electron chi connectivity index (χ1n) is 10.4. The molecule has 1 aliphatic heterocycles. The van der Waals surface area contributed by atoms with Crippen LogP contribution in [0, 0.1) is 0 Å². The highest BCUT2D eigenvalue weighted by molar-refractivity contribution is 5.95. The molecule has 1 aromatic carbocycles. The van der Waals surface area contributed by atoms with Crippen LogP contribution < -0.4 is 15.5 Å². The monoisotopic (exact) mass is 393 g/mol. The van der Waals surface area contributed by atoms with Crippen LogP contribution in [0.15, 0.2) is 48.8 Å². The van der Waals surface area contributed by atoms with Crippen LogP contribution >= 0.6 is 0 Å². The minimum absolute atomic E-state index is 0.00882. The normalized spacial score (nSPS) is 26.9. The highest BCUT2D eigenvalue weighted by atomic mass is 16.2. The molecular weight excluding hydrogens is 362 g/mol. The molecule has 0 unspecified atom stereocenters. The molecule has 2 heterocycles. The largest absolute Gasteiger partial charge is 0.330 e. The summed E-state index contributed by atoms with van der Waals surface area (Å²) in [4.78, 5) is 21.4. The van der Waals surface area contributed by atoms with Crippen LogP contribution in [0.5, 0.6) is 0 Å². The third kappa shape index (κ3) is 3.63. The van der Waals surface area contributed by atoms with E-state index in [9.17, 15) is 4.79 Å². The van der Waals surface area contributed by atoms with Crippen molar-refractivity contribution in [2.45, 2.75) is 43.3 Å². The maximum Gasteiger partial charge on any atom is 0.322 e. The summed E-state index contributed by atoms with van der Waals surface area (Å²) in [7, 11) is 6.25. The molecule has 0 radical (unpaired) electrons. The lowest BCUT2D eigenvalue weighted by Gasteiger charge is -2.48. The average molecular weight is 394 g/mol. The Morgan fingerprint density at radius 3 is 2.52 bits per heavy atom. The fourth-order valence-electron chi connectivity index (χ4n) is 5.01. The van der Waals surface area contributed by atoms with Gasteiger partial charge in [-0.3, -0.25) is 14.8 Å². The summed E-state index contributed by atoms with van der Waals surface area (Å²) in [5.41, 5.74) is 3.19. The molecule has 154 valence electrons. The quantitative estimate of drug-likeness (QED) is 0.820. The molecular formula is C23H31N5O. The second-order valence-corrected chi connectivity index (χ2v) is 8.67. The third-order valence-electron chi connectivity index (χ3n) is 6.75. The Bertz CT molecular complexity index is 859. The van der Waals surface area contributed by atoms with Gasteiger partial charge in [-0.2, -0.15) is 0 Å². The Morgan fingerprint density at radius 1 is 1.14 bits per heavy atom. The van der Waals surface area contributed by atoms with E-state index in [1.165, 1.54) is 5.56 Å². The summed E-state index contributed by atoms with van der Waals surface area (Å²) in [6, 6.07) is 12.8. The molecule has 1 saturated heterocycles. The van der Waals surface area contributed by atoms with Gasteiger partial charge in [0.1, 0.15) is 0 Å².